The molecule has 0 bridgehead atoms. The highest BCUT2D eigenvalue weighted by Crippen LogP contribution is 2.21. The first-order valence-corrected chi connectivity index (χ1v) is 5.78. The largest absolute Gasteiger partial charge is 0.468 e. The Balaban J connectivity index is 2.81. The van der Waals surface area contributed by atoms with Crippen LogP contribution in [0.4, 0.5) is 8.78 Å². The molecule has 1 N–H and O–H groups in total. The third kappa shape index (κ3) is 4.57. The number of benzene rings is 1. The first-order chi connectivity index (χ1) is 9.10. The Kier molecular flexibility index (Phi) is 6.38. The smallest absolute Gasteiger partial charge is 0.327 e. The number of ether oxygens (including phenoxy) is 2. The van der Waals surface area contributed by atoms with Crippen molar-refractivity contribution in [2.45, 2.75) is 12.5 Å². The van der Waals surface area contributed by atoms with E-state index in [0.717, 1.165) is 0 Å². The van der Waals surface area contributed by atoms with E-state index in [2.05, 4.69) is 10.1 Å². The quantitative estimate of drug-likeness (QED) is 0.610. The van der Waals surface area contributed by atoms with Crippen LogP contribution in [0.2, 0.25) is 0 Å². The lowest BCUT2D eigenvalue weighted by atomic mass is 10.0. The summed E-state index contributed by atoms with van der Waals surface area (Å²) >= 11 is 0. The van der Waals surface area contributed by atoms with Gasteiger partial charge in [-0.1, -0.05) is 24.3 Å². The van der Waals surface area contributed by atoms with Crippen molar-refractivity contribution in [2.24, 2.45) is 0 Å². The molecule has 1 unspecified atom stereocenters. The summed E-state index contributed by atoms with van der Waals surface area (Å²) in [5.41, 5.74) is 0.497. The molecule has 19 heavy (non-hydrogen) atoms. The zero-order valence-corrected chi connectivity index (χ0v) is 10.9. The van der Waals surface area contributed by atoms with E-state index < -0.39 is 18.4 Å². The van der Waals surface area contributed by atoms with E-state index in [0.29, 0.717) is 18.7 Å². The van der Waals surface area contributed by atoms with Crippen LogP contribution < -0.4 is 5.32 Å². The fourth-order valence-electron chi connectivity index (χ4n) is 1.59. The molecule has 1 atom stereocenters. The van der Waals surface area contributed by atoms with E-state index in [1.807, 2.05) is 0 Å². The molecule has 1 rings (SSSR count). The van der Waals surface area contributed by atoms with E-state index in [1.54, 1.807) is 7.11 Å². The number of nitrogens with one attached hydrogen (secondary N) is 1. The summed E-state index contributed by atoms with van der Waals surface area (Å²) in [6.45, 7) is 0.884. The number of esters is 1. The van der Waals surface area contributed by atoms with Crippen molar-refractivity contribution in [1.29, 1.82) is 0 Å². The minimum absolute atomic E-state index is 0.0794. The molecule has 0 aliphatic carbocycles. The standard InChI is InChI=1S/C13H17F2NO3/c1-18-8-7-16-11(13(17)19-2)9-3-5-10(6-4-9)12(14)15/h3-6,11-12,16H,7-8H2,1-2H3. The van der Waals surface area contributed by atoms with Crippen molar-refractivity contribution >= 4 is 5.97 Å². The third-order valence-electron chi connectivity index (χ3n) is 2.61. The molecule has 0 aliphatic rings. The number of hydrogen-bond acceptors (Lipinski definition) is 4. The molecule has 0 fully saturated rings. The van der Waals surface area contributed by atoms with Crippen molar-refractivity contribution in [3.8, 4) is 0 Å². The zero-order chi connectivity index (χ0) is 14.3. The van der Waals surface area contributed by atoms with Crippen molar-refractivity contribution in [3.05, 3.63) is 35.4 Å². The van der Waals surface area contributed by atoms with Crippen molar-refractivity contribution in [1.82, 2.24) is 5.32 Å². The monoisotopic (exact) mass is 273 g/mol. The summed E-state index contributed by atoms with van der Waals surface area (Å²) < 4.78 is 34.5. The van der Waals surface area contributed by atoms with Crippen LogP contribution in [0.5, 0.6) is 0 Å². The predicted octanol–water partition coefficient (Wildman–Crippen LogP) is 2.07. The molecule has 0 saturated heterocycles. The molecule has 0 aliphatic heterocycles. The molecule has 1 aromatic carbocycles. The number of carbonyl (C=O) groups is 1. The number of methoxy groups -OCH3 is 2. The minimum atomic E-state index is -2.52. The van der Waals surface area contributed by atoms with Gasteiger partial charge < -0.3 is 9.47 Å². The van der Waals surface area contributed by atoms with Gasteiger partial charge in [-0.2, -0.15) is 0 Å². The second-order valence-corrected chi connectivity index (χ2v) is 3.87. The first kappa shape index (κ1) is 15.5. The average molecular weight is 273 g/mol. The molecule has 0 heterocycles. The Hall–Kier alpha value is -1.53. The second-order valence-electron chi connectivity index (χ2n) is 3.87. The summed E-state index contributed by atoms with van der Waals surface area (Å²) in [5, 5.41) is 2.95. The maximum atomic E-state index is 12.4. The Bertz CT molecular complexity index is 395. The van der Waals surface area contributed by atoms with E-state index in [1.165, 1.54) is 31.4 Å². The van der Waals surface area contributed by atoms with E-state index >= 15 is 0 Å². The molecular formula is C13H17F2NO3. The normalized spacial score (nSPS) is 12.5. The van der Waals surface area contributed by atoms with E-state index in [4.69, 9.17) is 4.74 Å². The topological polar surface area (TPSA) is 47.6 Å². The van der Waals surface area contributed by atoms with Crippen LogP contribution in [-0.2, 0) is 14.3 Å². The maximum absolute atomic E-state index is 12.4. The molecule has 1 aromatic rings. The third-order valence-corrected chi connectivity index (χ3v) is 2.61. The molecule has 0 amide bonds. The number of carbonyl (C=O) groups excluding carboxylic acids is 1. The van der Waals surface area contributed by atoms with Crippen LogP contribution in [0.15, 0.2) is 24.3 Å². The fraction of sp³-hybridized carbons (Fsp3) is 0.462. The van der Waals surface area contributed by atoms with Gasteiger partial charge in [0.1, 0.15) is 6.04 Å². The molecule has 0 saturated carbocycles. The molecule has 0 spiro atoms. The van der Waals surface area contributed by atoms with Gasteiger partial charge in [-0.05, 0) is 5.56 Å². The summed E-state index contributed by atoms with van der Waals surface area (Å²) in [6.07, 6.45) is -2.52. The average Bonchev–Trinajstić information content (AvgIpc) is 2.43. The summed E-state index contributed by atoms with van der Waals surface area (Å²) in [4.78, 5) is 11.7. The lowest BCUT2D eigenvalue weighted by molar-refractivity contribution is -0.143. The van der Waals surface area contributed by atoms with Gasteiger partial charge in [0.25, 0.3) is 6.43 Å². The van der Waals surface area contributed by atoms with Gasteiger partial charge >= 0.3 is 5.97 Å². The van der Waals surface area contributed by atoms with Crippen molar-refractivity contribution in [3.63, 3.8) is 0 Å². The van der Waals surface area contributed by atoms with Crippen molar-refractivity contribution < 1.29 is 23.0 Å². The van der Waals surface area contributed by atoms with Gasteiger partial charge in [0, 0.05) is 19.2 Å². The Morgan fingerprint density at radius 2 is 1.79 bits per heavy atom. The molecule has 6 heteroatoms. The lowest BCUT2D eigenvalue weighted by Crippen LogP contribution is -2.32. The van der Waals surface area contributed by atoms with Crippen LogP contribution in [0, 0.1) is 0 Å². The number of alkyl halides is 2. The maximum Gasteiger partial charge on any atom is 0.327 e. The van der Waals surface area contributed by atoms with Crippen LogP contribution in [0.3, 0.4) is 0 Å². The lowest BCUT2D eigenvalue weighted by Gasteiger charge is -2.17. The highest BCUT2D eigenvalue weighted by Gasteiger charge is 2.21. The van der Waals surface area contributed by atoms with Crippen LogP contribution in [0.25, 0.3) is 0 Å². The van der Waals surface area contributed by atoms with Crippen LogP contribution >= 0.6 is 0 Å². The second kappa shape index (κ2) is 7.81. The van der Waals surface area contributed by atoms with Crippen LogP contribution in [-0.4, -0.2) is 33.3 Å². The number of rotatable bonds is 7. The highest BCUT2D eigenvalue weighted by molar-refractivity contribution is 5.77. The van der Waals surface area contributed by atoms with Gasteiger partial charge in [0.2, 0.25) is 0 Å². The molecule has 0 radical (unpaired) electrons. The van der Waals surface area contributed by atoms with Gasteiger partial charge in [-0.3, -0.25) is 5.32 Å². The van der Waals surface area contributed by atoms with Gasteiger partial charge in [-0.25, -0.2) is 13.6 Å². The minimum Gasteiger partial charge on any atom is -0.468 e. The van der Waals surface area contributed by atoms with Gasteiger partial charge in [0.05, 0.1) is 13.7 Å². The first-order valence-electron chi connectivity index (χ1n) is 5.78. The SMILES string of the molecule is COCCNC(C(=O)OC)c1ccc(C(F)F)cc1. The van der Waals surface area contributed by atoms with E-state index in [-0.39, 0.29) is 5.56 Å². The number of halogens is 2. The van der Waals surface area contributed by atoms with Gasteiger partial charge in [0.15, 0.2) is 0 Å². The molecule has 106 valence electrons. The van der Waals surface area contributed by atoms with Crippen molar-refractivity contribution in [2.75, 3.05) is 27.4 Å². The predicted molar refractivity (Wildman–Crippen MR) is 66.0 cm³/mol. The Morgan fingerprint density at radius 3 is 2.26 bits per heavy atom. The van der Waals surface area contributed by atoms with Gasteiger partial charge in [-0.15, -0.1) is 0 Å². The summed E-state index contributed by atoms with van der Waals surface area (Å²) in [6, 6.07) is 4.89. The van der Waals surface area contributed by atoms with E-state index in [9.17, 15) is 13.6 Å². The molecule has 4 nitrogen and oxygen atoms in total. The summed E-state index contributed by atoms with van der Waals surface area (Å²) in [5.74, 6) is -0.471. The van der Waals surface area contributed by atoms with Crippen LogP contribution in [0.1, 0.15) is 23.6 Å². The Morgan fingerprint density at radius 1 is 1.21 bits per heavy atom. The summed E-state index contributed by atoms with van der Waals surface area (Å²) in [7, 11) is 2.83. The zero-order valence-electron chi connectivity index (χ0n) is 10.9. The molecule has 0 aromatic heterocycles. The Labute approximate surface area is 110 Å². The highest BCUT2D eigenvalue weighted by atomic mass is 19.3. The fourth-order valence-corrected chi connectivity index (χ4v) is 1.59. The number of hydrogen-bond donors (Lipinski definition) is 1. The molecular weight excluding hydrogens is 256 g/mol.